The van der Waals surface area contributed by atoms with Gasteiger partial charge in [-0.1, -0.05) is 32.6 Å². The van der Waals surface area contributed by atoms with E-state index in [-0.39, 0.29) is 0 Å². The van der Waals surface area contributed by atoms with Gasteiger partial charge in [-0.15, -0.1) is 0 Å². The summed E-state index contributed by atoms with van der Waals surface area (Å²) in [6.45, 7) is 5.11. The van der Waals surface area contributed by atoms with Crippen LogP contribution in [-0.4, -0.2) is 24.0 Å². The first-order valence-corrected chi connectivity index (χ1v) is 7.16. The lowest BCUT2D eigenvalue weighted by molar-refractivity contribution is 0.170. The molecule has 0 amide bonds. The Hall–Kier alpha value is -0.0400. The molecule has 0 spiro atoms. The van der Waals surface area contributed by atoms with Gasteiger partial charge < -0.3 is 4.90 Å². The van der Waals surface area contributed by atoms with E-state index in [4.69, 9.17) is 0 Å². The lowest BCUT2D eigenvalue weighted by Gasteiger charge is -2.30. The van der Waals surface area contributed by atoms with Crippen molar-refractivity contribution < 1.29 is 0 Å². The highest BCUT2D eigenvalue weighted by Gasteiger charge is 2.34. The summed E-state index contributed by atoms with van der Waals surface area (Å²) in [6, 6.07) is 0.961. The van der Waals surface area contributed by atoms with E-state index in [9.17, 15) is 0 Å². The number of nitrogens with zero attached hydrogens (tertiary/aromatic N) is 1. The molecule has 2 fully saturated rings. The topological polar surface area (TPSA) is 3.24 Å². The van der Waals surface area contributed by atoms with Crippen LogP contribution in [0.5, 0.6) is 0 Å². The fourth-order valence-corrected chi connectivity index (χ4v) is 3.04. The summed E-state index contributed by atoms with van der Waals surface area (Å²) < 4.78 is 0. The molecular weight excluding hydrogens is 182 g/mol. The Balaban J connectivity index is 1.83. The molecular formula is C14H27N. The van der Waals surface area contributed by atoms with E-state index in [2.05, 4.69) is 11.8 Å². The summed E-state index contributed by atoms with van der Waals surface area (Å²) in [5, 5.41) is 0. The number of hydrogen-bond acceptors (Lipinski definition) is 1. The van der Waals surface area contributed by atoms with Crippen LogP contribution in [0.25, 0.3) is 0 Å². The maximum atomic E-state index is 2.83. The van der Waals surface area contributed by atoms with Gasteiger partial charge >= 0.3 is 0 Å². The zero-order chi connectivity index (χ0) is 10.5. The van der Waals surface area contributed by atoms with E-state index in [0.717, 1.165) is 12.0 Å². The standard InChI is InChI=1S/C14H27N/c1-2-3-8-14(13-9-10-13)15-11-6-4-5-7-12-15/h13-14H,2-12H2,1H3. The lowest BCUT2D eigenvalue weighted by Crippen LogP contribution is -2.37. The van der Waals surface area contributed by atoms with E-state index >= 15 is 0 Å². The highest BCUT2D eigenvalue weighted by Crippen LogP contribution is 2.38. The van der Waals surface area contributed by atoms with Crippen LogP contribution in [0.2, 0.25) is 0 Å². The second kappa shape index (κ2) is 5.89. The molecule has 0 aromatic rings. The average Bonchev–Trinajstić information content (AvgIpc) is 3.05. The number of unbranched alkanes of at least 4 members (excludes halogenated alkanes) is 1. The fraction of sp³-hybridized carbons (Fsp3) is 1.00. The van der Waals surface area contributed by atoms with Gasteiger partial charge in [-0.25, -0.2) is 0 Å². The Morgan fingerprint density at radius 1 is 1.07 bits per heavy atom. The van der Waals surface area contributed by atoms with Gasteiger partial charge in [0.25, 0.3) is 0 Å². The predicted molar refractivity (Wildman–Crippen MR) is 66.1 cm³/mol. The van der Waals surface area contributed by atoms with Crippen molar-refractivity contribution in [2.45, 2.75) is 70.8 Å². The molecule has 0 aromatic carbocycles. The maximum Gasteiger partial charge on any atom is 0.0123 e. The Kier molecular flexibility index (Phi) is 4.49. The van der Waals surface area contributed by atoms with Crippen LogP contribution in [0.1, 0.15) is 64.7 Å². The van der Waals surface area contributed by atoms with Gasteiger partial charge in [-0.2, -0.15) is 0 Å². The van der Waals surface area contributed by atoms with Crippen LogP contribution >= 0.6 is 0 Å². The van der Waals surface area contributed by atoms with Crippen LogP contribution in [0.3, 0.4) is 0 Å². The third-order valence-electron chi connectivity index (χ3n) is 4.13. The van der Waals surface area contributed by atoms with Gasteiger partial charge in [0.05, 0.1) is 0 Å². The minimum absolute atomic E-state index is 0.961. The van der Waals surface area contributed by atoms with Gasteiger partial charge in [-0.05, 0) is 51.1 Å². The van der Waals surface area contributed by atoms with Crippen molar-refractivity contribution >= 4 is 0 Å². The van der Waals surface area contributed by atoms with Crippen LogP contribution in [0.15, 0.2) is 0 Å². The Morgan fingerprint density at radius 3 is 2.27 bits per heavy atom. The highest BCUT2D eigenvalue weighted by atomic mass is 15.2. The number of hydrogen-bond donors (Lipinski definition) is 0. The molecule has 88 valence electrons. The SMILES string of the molecule is CCCCC(C1CC1)N1CCCCCC1. The molecule has 1 heteroatoms. The Bertz CT molecular complexity index is 166. The summed E-state index contributed by atoms with van der Waals surface area (Å²) >= 11 is 0. The predicted octanol–water partition coefficient (Wildman–Crippen LogP) is 3.83. The molecule has 2 rings (SSSR count). The maximum absolute atomic E-state index is 2.83. The van der Waals surface area contributed by atoms with Crippen LogP contribution in [0, 0.1) is 5.92 Å². The normalized spacial score (nSPS) is 26.2. The van der Waals surface area contributed by atoms with Crippen LogP contribution in [-0.2, 0) is 0 Å². The first-order chi connectivity index (χ1) is 7.42. The summed E-state index contributed by atoms with van der Waals surface area (Å²) in [6.07, 6.45) is 13.2. The van der Waals surface area contributed by atoms with Crippen molar-refractivity contribution in [1.82, 2.24) is 4.90 Å². The second-order valence-electron chi connectivity index (χ2n) is 5.50. The summed E-state index contributed by atoms with van der Waals surface area (Å²) in [4.78, 5) is 2.83. The molecule has 2 aliphatic rings. The molecule has 1 unspecified atom stereocenters. The van der Waals surface area contributed by atoms with E-state index in [0.29, 0.717) is 0 Å². The third-order valence-corrected chi connectivity index (χ3v) is 4.13. The van der Waals surface area contributed by atoms with Crippen molar-refractivity contribution in [3.05, 3.63) is 0 Å². The molecule has 1 nitrogen and oxygen atoms in total. The first-order valence-electron chi connectivity index (χ1n) is 7.16. The smallest absolute Gasteiger partial charge is 0.0123 e. The van der Waals surface area contributed by atoms with Crippen molar-refractivity contribution in [1.29, 1.82) is 0 Å². The summed E-state index contributed by atoms with van der Waals surface area (Å²) in [5.41, 5.74) is 0. The van der Waals surface area contributed by atoms with E-state index < -0.39 is 0 Å². The summed E-state index contributed by atoms with van der Waals surface area (Å²) in [5.74, 6) is 1.08. The van der Waals surface area contributed by atoms with Crippen molar-refractivity contribution in [3.63, 3.8) is 0 Å². The molecule has 1 saturated heterocycles. The van der Waals surface area contributed by atoms with E-state index in [1.165, 1.54) is 70.9 Å². The van der Waals surface area contributed by atoms with Crippen molar-refractivity contribution in [2.75, 3.05) is 13.1 Å². The highest BCUT2D eigenvalue weighted by molar-refractivity contribution is 4.88. The molecule has 1 atom stereocenters. The molecule has 15 heavy (non-hydrogen) atoms. The van der Waals surface area contributed by atoms with E-state index in [1.54, 1.807) is 0 Å². The average molecular weight is 209 g/mol. The van der Waals surface area contributed by atoms with Crippen molar-refractivity contribution in [3.8, 4) is 0 Å². The third kappa shape index (κ3) is 3.48. The zero-order valence-corrected chi connectivity index (χ0v) is 10.4. The number of rotatable bonds is 5. The lowest BCUT2D eigenvalue weighted by atomic mass is 10.0. The van der Waals surface area contributed by atoms with Gasteiger partial charge in [0, 0.05) is 6.04 Å². The molecule has 1 heterocycles. The molecule has 1 saturated carbocycles. The molecule has 0 bridgehead atoms. The molecule has 1 aliphatic carbocycles. The van der Waals surface area contributed by atoms with Gasteiger partial charge in [0.1, 0.15) is 0 Å². The Labute approximate surface area is 95.2 Å². The quantitative estimate of drug-likeness (QED) is 0.665. The Morgan fingerprint density at radius 2 is 1.73 bits per heavy atom. The zero-order valence-electron chi connectivity index (χ0n) is 10.4. The molecule has 0 N–H and O–H groups in total. The van der Waals surface area contributed by atoms with Gasteiger partial charge in [0.15, 0.2) is 0 Å². The van der Waals surface area contributed by atoms with E-state index in [1.807, 2.05) is 0 Å². The molecule has 1 aliphatic heterocycles. The van der Waals surface area contributed by atoms with Crippen LogP contribution < -0.4 is 0 Å². The van der Waals surface area contributed by atoms with Gasteiger partial charge in [0.2, 0.25) is 0 Å². The molecule has 0 aromatic heterocycles. The van der Waals surface area contributed by atoms with Crippen molar-refractivity contribution in [2.24, 2.45) is 5.92 Å². The second-order valence-corrected chi connectivity index (χ2v) is 5.50. The van der Waals surface area contributed by atoms with Gasteiger partial charge in [-0.3, -0.25) is 0 Å². The monoisotopic (exact) mass is 209 g/mol. The summed E-state index contributed by atoms with van der Waals surface area (Å²) in [7, 11) is 0. The largest absolute Gasteiger partial charge is 0.300 e. The minimum Gasteiger partial charge on any atom is -0.300 e. The first kappa shape index (κ1) is 11.4. The fourth-order valence-electron chi connectivity index (χ4n) is 3.04. The number of likely N-dealkylation sites (tertiary alicyclic amines) is 1. The van der Waals surface area contributed by atoms with Crippen LogP contribution in [0.4, 0.5) is 0 Å². The molecule has 0 radical (unpaired) electrons. The minimum atomic E-state index is 0.961.